The third-order valence-corrected chi connectivity index (χ3v) is 7.32. The molecule has 1 N–H and O–H groups in total. The lowest BCUT2D eigenvalue weighted by Crippen LogP contribution is -2.33. The van der Waals surface area contributed by atoms with Crippen molar-refractivity contribution in [3.05, 3.63) is 126 Å². The van der Waals surface area contributed by atoms with Crippen LogP contribution in [0.15, 0.2) is 114 Å². The molecule has 0 spiro atoms. The largest absolute Gasteiger partial charge is 0.496 e. The predicted octanol–water partition coefficient (Wildman–Crippen LogP) is 5.02. The van der Waals surface area contributed by atoms with Crippen molar-refractivity contribution in [2.45, 2.75) is 18.0 Å². The van der Waals surface area contributed by atoms with Crippen molar-refractivity contribution < 1.29 is 17.9 Å². The van der Waals surface area contributed by atoms with Gasteiger partial charge in [-0.2, -0.15) is 0 Å². The fourth-order valence-electron chi connectivity index (χ4n) is 3.77. The average molecular weight is 487 g/mol. The van der Waals surface area contributed by atoms with Crippen molar-refractivity contribution in [2.75, 3.05) is 11.4 Å². The Morgan fingerprint density at radius 1 is 0.800 bits per heavy atom. The SMILES string of the molecule is COc1ccccc1CNC(=O)c1ccccc1N(Cc1ccccc1)S(=O)(=O)c1ccccc1. The van der Waals surface area contributed by atoms with Gasteiger partial charge in [0, 0.05) is 12.1 Å². The minimum Gasteiger partial charge on any atom is -0.496 e. The maximum absolute atomic E-state index is 13.8. The Morgan fingerprint density at radius 2 is 1.40 bits per heavy atom. The van der Waals surface area contributed by atoms with Gasteiger partial charge in [0.2, 0.25) is 0 Å². The van der Waals surface area contributed by atoms with E-state index in [0.717, 1.165) is 11.1 Å². The van der Waals surface area contributed by atoms with Gasteiger partial charge in [0.05, 0.1) is 29.8 Å². The first-order valence-electron chi connectivity index (χ1n) is 11.1. The van der Waals surface area contributed by atoms with Gasteiger partial charge in [0.25, 0.3) is 15.9 Å². The van der Waals surface area contributed by atoms with Crippen LogP contribution in [0.1, 0.15) is 21.5 Å². The molecule has 0 saturated heterocycles. The molecule has 7 heteroatoms. The number of hydrogen-bond donors (Lipinski definition) is 1. The van der Waals surface area contributed by atoms with Gasteiger partial charge in [-0.25, -0.2) is 8.42 Å². The summed E-state index contributed by atoms with van der Waals surface area (Å²) in [4.78, 5) is 13.4. The molecule has 0 heterocycles. The molecule has 0 aliphatic rings. The second-order valence-corrected chi connectivity index (χ2v) is 9.68. The maximum Gasteiger partial charge on any atom is 0.264 e. The van der Waals surface area contributed by atoms with Gasteiger partial charge in [0.1, 0.15) is 5.75 Å². The molecule has 0 aliphatic heterocycles. The monoisotopic (exact) mass is 486 g/mol. The van der Waals surface area contributed by atoms with E-state index < -0.39 is 10.0 Å². The lowest BCUT2D eigenvalue weighted by atomic mass is 10.1. The number of nitrogens with zero attached hydrogens (tertiary/aromatic N) is 1. The van der Waals surface area contributed by atoms with Crippen LogP contribution in [0, 0.1) is 0 Å². The molecule has 4 aromatic rings. The first-order valence-corrected chi connectivity index (χ1v) is 12.6. The third-order valence-electron chi connectivity index (χ3n) is 5.55. The summed E-state index contributed by atoms with van der Waals surface area (Å²) in [6, 6.07) is 31.7. The molecule has 6 nitrogen and oxygen atoms in total. The number of benzene rings is 4. The first-order chi connectivity index (χ1) is 17.0. The fourth-order valence-corrected chi connectivity index (χ4v) is 5.26. The van der Waals surface area contributed by atoms with Gasteiger partial charge in [-0.3, -0.25) is 9.10 Å². The summed E-state index contributed by atoms with van der Waals surface area (Å²) in [5.41, 5.74) is 2.19. The Hall–Kier alpha value is -4.10. The highest BCUT2D eigenvalue weighted by Gasteiger charge is 2.28. The Balaban J connectivity index is 1.71. The predicted molar refractivity (Wildman–Crippen MR) is 137 cm³/mol. The number of amides is 1. The molecule has 4 aromatic carbocycles. The van der Waals surface area contributed by atoms with Crippen LogP contribution in [-0.4, -0.2) is 21.4 Å². The number of rotatable bonds is 9. The van der Waals surface area contributed by atoms with Gasteiger partial charge in [0.15, 0.2) is 0 Å². The molecule has 0 unspecified atom stereocenters. The standard InChI is InChI=1S/C28H26N2O4S/c1-34-27-19-11-8-14-23(27)20-29-28(31)25-17-9-10-18-26(25)30(21-22-12-4-2-5-13-22)35(32,33)24-15-6-3-7-16-24/h2-19H,20-21H2,1H3,(H,29,31). The number of nitrogens with one attached hydrogen (secondary N) is 1. The number of anilines is 1. The highest BCUT2D eigenvalue weighted by atomic mass is 32.2. The Kier molecular flexibility index (Phi) is 7.48. The number of hydrogen-bond acceptors (Lipinski definition) is 4. The van der Waals surface area contributed by atoms with Crippen LogP contribution in [-0.2, 0) is 23.1 Å². The zero-order chi connectivity index (χ0) is 24.7. The smallest absolute Gasteiger partial charge is 0.264 e. The number of para-hydroxylation sites is 2. The normalized spacial score (nSPS) is 11.0. The molecule has 0 aliphatic carbocycles. The zero-order valence-electron chi connectivity index (χ0n) is 19.3. The molecule has 0 radical (unpaired) electrons. The molecular formula is C28H26N2O4S. The topological polar surface area (TPSA) is 75.7 Å². The van der Waals surface area contributed by atoms with Crippen LogP contribution in [0.5, 0.6) is 5.75 Å². The fraction of sp³-hybridized carbons (Fsp3) is 0.107. The van der Waals surface area contributed by atoms with E-state index in [4.69, 9.17) is 4.74 Å². The van der Waals surface area contributed by atoms with E-state index in [1.54, 1.807) is 61.7 Å². The summed E-state index contributed by atoms with van der Waals surface area (Å²) in [7, 11) is -2.38. The summed E-state index contributed by atoms with van der Waals surface area (Å²) < 4.78 is 34.2. The maximum atomic E-state index is 13.8. The van der Waals surface area contributed by atoms with Crippen molar-refractivity contribution in [1.29, 1.82) is 0 Å². The number of carbonyl (C=O) groups excluding carboxylic acids is 1. The molecule has 0 aromatic heterocycles. The van der Waals surface area contributed by atoms with Crippen LogP contribution in [0.2, 0.25) is 0 Å². The molecule has 178 valence electrons. The second kappa shape index (κ2) is 10.9. The van der Waals surface area contributed by atoms with Gasteiger partial charge < -0.3 is 10.1 Å². The van der Waals surface area contributed by atoms with Gasteiger partial charge in [-0.1, -0.05) is 78.9 Å². The quantitative estimate of drug-likeness (QED) is 0.360. The van der Waals surface area contributed by atoms with Crippen LogP contribution in [0.25, 0.3) is 0 Å². The summed E-state index contributed by atoms with van der Waals surface area (Å²) in [6.07, 6.45) is 0. The molecule has 4 rings (SSSR count). The van der Waals surface area contributed by atoms with Crippen LogP contribution < -0.4 is 14.4 Å². The van der Waals surface area contributed by atoms with Crippen molar-refractivity contribution in [2.24, 2.45) is 0 Å². The molecule has 0 fully saturated rings. The van der Waals surface area contributed by atoms with E-state index in [9.17, 15) is 13.2 Å². The highest BCUT2D eigenvalue weighted by Crippen LogP contribution is 2.29. The third kappa shape index (κ3) is 5.53. The minimum atomic E-state index is -3.95. The molecule has 0 saturated carbocycles. The summed E-state index contributed by atoms with van der Waals surface area (Å²) in [6.45, 7) is 0.316. The molecule has 0 atom stereocenters. The average Bonchev–Trinajstić information content (AvgIpc) is 2.91. The molecule has 35 heavy (non-hydrogen) atoms. The van der Waals surface area contributed by atoms with Gasteiger partial charge in [-0.15, -0.1) is 0 Å². The van der Waals surface area contributed by atoms with Crippen molar-refractivity contribution in [1.82, 2.24) is 5.32 Å². The lowest BCUT2D eigenvalue weighted by Gasteiger charge is -2.26. The Bertz CT molecular complexity index is 1390. The minimum absolute atomic E-state index is 0.0782. The summed E-state index contributed by atoms with van der Waals surface area (Å²) in [5.74, 6) is 0.284. The van der Waals surface area contributed by atoms with Gasteiger partial charge in [-0.05, 0) is 35.9 Å². The van der Waals surface area contributed by atoms with E-state index in [-0.39, 0.29) is 29.5 Å². The highest BCUT2D eigenvalue weighted by molar-refractivity contribution is 7.92. The van der Waals surface area contributed by atoms with Gasteiger partial charge >= 0.3 is 0 Å². The summed E-state index contributed by atoms with van der Waals surface area (Å²) >= 11 is 0. The van der Waals surface area contributed by atoms with Crippen LogP contribution >= 0.6 is 0 Å². The molecule has 1 amide bonds. The van der Waals surface area contributed by atoms with Crippen LogP contribution in [0.4, 0.5) is 5.69 Å². The number of carbonyl (C=O) groups is 1. The summed E-state index contributed by atoms with van der Waals surface area (Å²) in [5, 5.41) is 2.90. The van der Waals surface area contributed by atoms with E-state index in [2.05, 4.69) is 5.32 Å². The second-order valence-electron chi connectivity index (χ2n) is 7.82. The Labute approximate surface area is 205 Å². The zero-order valence-corrected chi connectivity index (χ0v) is 20.1. The van der Waals surface area contributed by atoms with Crippen molar-refractivity contribution in [3.8, 4) is 5.75 Å². The van der Waals surface area contributed by atoms with Crippen molar-refractivity contribution >= 4 is 21.6 Å². The first kappa shape index (κ1) is 24.0. The lowest BCUT2D eigenvalue weighted by molar-refractivity contribution is 0.0951. The Morgan fingerprint density at radius 3 is 2.11 bits per heavy atom. The molecule has 0 bridgehead atoms. The number of sulfonamides is 1. The molecular weight excluding hydrogens is 460 g/mol. The number of methoxy groups -OCH3 is 1. The van der Waals surface area contributed by atoms with E-state index >= 15 is 0 Å². The van der Waals surface area contributed by atoms with E-state index in [1.165, 1.54) is 4.31 Å². The van der Waals surface area contributed by atoms with E-state index in [1.807, 2.05) is 54.6 Å². The van der Waals surface area contributed by atoms with Crippen LogP contribution in [0.3, 0.4) is 0 Å². The van der Waals surface area contributed by atoms with E-state index in [0.29, 0.717) is 11.4 Å². The van der Waals surface area contributed by atoms with Crippen molar-refractivity contribution in [3.63, 3.8) is 0 Å². The number of ether oxygens (including phenoxy) is 1.